The van der Waals surface area contributed by atoms with Gasteiger partial charge in [-0.1, -0.05) is 41.4 Å². The quantitative estimate of drug-likeness (QED) is 0.290. The van der Waals surface area contributed by atoms with E-state index in [1.165, 1.54) is 24.3 Å². The fourth-order valence-corrected chi connectivity index (χ4v) is 2.43. The Labute approximate surface area is 170 Å². The van der Waals surface area contributed by atoms with Gasteiger partial charge >= 0.3 is 5.97 Å². The summed E-state index contributed by atoms with van der Waals surface area (Å²) in [5.74, 6) is -1.44. The Bertz CT molecular complexity index is 830. The molecule has 2 rings (SSSR count). The topological polar surface area (TPSA) is 119 Å². The van der Waals surface area contributed by atoms with E-state index < -0.39 is 33.8 Å². The van der Waals surface area contributed by atoms with Crippen molar-refractivity contribution in [1.82, 2.24) is 5.32 Å². The number of rotatable bonds is 8. The van der Waals surface area contributed by atoms with Crippen molar-refractivity contribution in [2.75, 3.05) is 6.61 Å². The fourth-order valence-electron chi connectivity index (χ4n) is 2.31. The van der Waals surface area contributed by atoms with Gasteiger partial charge in [-0.2, -0.15) is 0 Å². The van der Waals surface area contributed by atoms with Gasteiger partial charge in [-0.25, -0.2) is 4.79 Å². The number of hydrogen-bond acceptors (Lipinski definition) is 6. The van der Waals surface area contributed by atoms with Gasteiger partial charge in [0.2, 0.25) is 0 Å². The van der Waals surface area contributed by atoms with Crippen LogP contribution in [0.1, 0.15) is 22.0 Å². The maximum absolute atomic E-state index is 12.1. The summed E-state index contributed by atoms with van der Waals surface area (Å²) in [6, 6.07) is 12.2. The summed E-state index contributed by atoms with van der Waals surface area (Å²) in [7, 11) is 0. The summed E-state index contributed by atoms with van der Waals surface area (Å²) in [5.41, 5.74) is 0.408. The third-order valence-corrected chi connectivity index (χ3v) is 4.15. The molecule has 0 bridgehead atoms. The van der Waals surface area contributed by atoms with Gasteiger partial charge in [0, 0.05) is 12.1 Å². The number of nitro benzene ring substituents is 1. The lowest BCUT2D eigenvalue weighted by Crippen LogP contribution is -2.45. The minimum absolute atomic E-state index is 0.159. The van der Waals surface area contributed by atoms with Gasteiger partial charge < -0.3 is 15.2 Å². The number of aliphatic hydroxyl groups is 1. The Morgan fingerprint density at radius 3 is 2.25 bits per heavy atom. The number of nitrogens with one attached hydrogen (secondary N) is 1. The van der Waals surface area contributed by atoms with Gasteiger partial charge in [0.1, 0.15) is 12.7 Å². The van der Waals surface area contributed by atoms with Crippen molar-refractivity contribution in [2.24, 2.45) is 0 Å². The molecule has 8 nitrogen and oxygen atoms in total. The largest absolute Gasteiger partial charge is 0.460 e. The van der Waals surface area contributed by atoms with E-state index in [0.29, 0.717) is 5.56 Å². The highest BCUT2D eigenvalue weighted by Gasteiger charge is 2.27. The zero-order valence-corrected chi connectivity index (χ0v) is 15.8. The second-order valence-electron chi connectivity index (χ2n) is 5.67. The molecule has 0 heterocycles. The molecule has 10 heteroatoms. The molecule has 28 heavy (non-hydrogen) atoms. The molecule has 2 atom stereocenters. The molecule has 0 saturated carbocycles. The van der Waals surface area contributed by atoms with Crippen LogP contribution < -0.4 is 5.32 Å². The first-order chi connectivity index (χ1) is 13.3. The number of alkyl halides is 2. The molecule has 2 aromatic carbocycles. The first kappa shape index (κ1) is 21.6. The Hall–Kier alpha value is -2.68. The normalized spacial score (nSPS) is 12.9. The van der Waals surface area contributed by atoms with Crippen LogP contribution in [0.5, 0.6) is 0 Å². The summed E-state index contributed by atoms with van der Waals surface area (Å²) in [4.78, 5) is 32.7. The van der Waals surface area contributed by atoms with Crippen molar-refractivity contribution >= 4 is 40.8 Å². The lowest BCUT2D eigenvalue weighted by Gasteiger charge is -2.24. The number of esters is 1. The first-order valence-corrected chi connectivity index (χ1v) is 8.90. The molecule has 0 aliphatic rings. The third-order valence-electron chi connectivity index (χ3n) is 3.76. The van der Waals surface area contributed by atoms with E-state index in [1.54, 1.807) is 30.3 Å². The molecule has 2 N–H and O–H groups in total. The van der Waals surface area contributed by atoms with Crippen LogP contribution in [0.2, 0.25) is 0 Å². The van der Waals surface area contributed by atoms with Crippen molar-refractivity contribution < 1.29 is 24.4 Å². The number of benzene rings is 2. The number of ether oxygens (including phenoxy) is 1. The zero-order valence-electron chi connectivity index (χ0n) is 14.3. The minimum Gasteiger partial charge on any atom is -0.460 e. The monoisotopic (exact) mass is 426 g/mol. The second-order valence-corrected chi connectivity index (χ2v) is 6.77. The number of non-ortho nitro benzene ring substituents is 1. The average Bonchev–Trinajstić information content (AvgIpc) is 2.70. The van der Waals surface area contributed by atoms with E-state index in [2.05, 4.69) is 5.32 Å². The minimum atomic E-state index is -1.39. The molecule has 148 valence electrons. The number of nitrogens with zero attached hydrogens (tertiary/aromatic N) is 1. The van der Waals surface area contributed by atoms with Crippen molar-refractivity contribution in [3.05, 3.63) is 75.8 Å². The zero-order chi connectivity index (χ0) is 20.7. The highest BCUT2D eigenvalue weighted by atomic mass is 35.5. The van der Waals surface area contributed by atoms with Crippen LogP contribution in [0.25, 0.3) is 0 Å². The third kappa shape index (κ3) is 5.91. The van der Waals surface area contributed by atoms with Gasteiger partial charge in [-0.15, -0.1) is 0 Å². The van der Waals surface area contributed by atoms with Crippen LogP contribution in [0.4, 0.5) is 5.69 Å². The molecule has 1 amide bonds. The first-order valence-electron chi connectivity index (χ1n) is 8.02. The number of carbonyl (C=O) groups excluding carboxylic acids is 2. The fraction of sp³-hybridized carbons (Fsp3) is 0.222. The van der Waals surface area contributed by atoms with Crippen molar-refractivity contribution in [3.63, 3.8) is 0 Å². The highest BCUT2D eigenvalue weighted by Crippen LogP contribution is 2.21. The average molecular weight is 427 g/mol. The number of halogens is 2. The van der Waals surface area contributed by atoms with Crippen LogP contribution in [-0.4, -0.2) is 39.4 Å². The lowest BCUT2D eigenvalue weighted by atomic mass is 10.0. The SMILES string of the molecule is O=C(OC[C@@H](NC(=O)C(Cl)Cl)[C@H](O)c1ccc([N+](=O)[O-])cc1)c1ccccc1. The summed E-state index contributed by atoms with van der Waals surface area (Å²) in [6.07, 6.45) is -1.33. The molecule has 2 aromatic rings. The Morgan fingerprint density at radius 2 is 1.71 bits per heavy atom. The smallest absolute Gasteiger partial charge is 0.338 e. The van der Waals surface area contributed by atoms with Crippen molar-refractivity contribution in [2.45, 2.75) is 17.0 Å². The standard InChI is InChI=1S/C18H16Cl2N2O6/c19-16(20)17(24)21-14(10-28-18(25)12-4-2-1-3-5-12)15(23)11-6-8-13(9-7-11)22(26)27/h1-9,14-16,23H,10H2,(H,21,24)/t14-,15-/m1/s1. The Balaban J connectivity index is 2.14. The van der Waals surface area contributed by atoms with Crippen LogP contribution in [0.15, 0.2) is 54.6 Å². The molecule has 0 spiro atoms. The number of nitro groups is 1. The Morgan fingerprint density at radius 1 is 1.11 bits per heavy atom. The van der Waals surface area contributed by atoms with Gasteiger partial charge in [0.25, 0.3) is 11.6 Å². The van der Waals surface area contributed by atoms with Crippen molar-refractivity contribution in [3.8, 4) is 0 Å². The van der Waals surface area contributed by atoms with Gasteiger partial charge in [-0.05, 0) is 29.8 Å². The van der Waals surface area contributed by atoms with E-state index in [1.807, 2.05) is 0 Å². The van der Waals surface area contributed by atoms with Crippen LogP contribution in [0, 0.1) is 10.1 Å². The van der Waals surface area contributed by atoms with E-state index >= 15 is 0 Å². The predicted molar refractivity (Wildman–Crippen MR) is 102 cm³/mol. The lowest BCUT2D eigenvalue weighted by molar-refractivity contribution is -0.384. The molecular formula is C18H16Cl2N2O6. The summed E-state index contributed by atoms with van der Waals surface area (Å²) in [6.45, 7) is -0.377. The summed E-state index contributed by atoms with van der Waals surface area (Å²) < 4.78 is 5.17. The molecule has 0 unspecified atom stereocenters. The Kier molecular flexibility index (Phi) is 7.74. The van der Waals surface area contributed by atoms with Crippen molar-refractivity contribution in [1.29, 1.82) is 0 Å². The van der Waals surface area contributed by atoms with E-state index in [4.69, 9.17) is 27.9 Å². The second kappa shape index (κ2) is 10.0. The van der Waals surface area contributed by atoms with Crippen LogP contribution >= 0.6 is 23.2 Å². The van der Waals surface area contributed by atoms with Crippen LogP contribution in [-0.2, 0) is 9.53 Å². The molecule has 0 radical (unpaired) electrons. The molecule has 0 aliphatic heterocycles. The summed E-state index contributed by atoms with van der Waals surface area (Å²) >= 11 is 11.1. The number of hydrogen-bond donors (Lipinski definition) is 2. The van der Waals surface area contributed by atoms with Crippen LogP contribution in [0.3, 0.4) is 0 Å². The predicted octanol–water partition coefficient (Wildman–Crippen LogP) is 2.77. The van der Waals surface area contributed by atoms with Gasteiger partial charge in [-0.3, -0.25) is 14.9 Å². The molecule has 0 fully saturated rings. The maximum atomic E-state index is 12.1. The van der Waals surface area contributed by atoms with E-state index in [9.17, 15) is 24.8 Å². The number of aliphatic hydroxyl groups excluding tert-OH is 1. The van der Waals surface area contributed by atoms with Gasteiger partial charge in [0.15, 0.2) is 4.84 Å². The molecule has 0 aromatic heterocycles. The number of amides is 1. The molecule has 0 saturated heterocycles. The van der Waals surface area contributed by atoms with E-state index in [0.717, 1.165) is 0 Å². The molecule has 0 aliphatic carbocycles. The summed E-state index contributed by atoms with van der Waals surface area (Å²) in [5, 5.41) is 23.7. The van der Waals surface area contributed by atoms with Gasteiger partial charge in [0.05, 0.1) is 16.5 Å². The molecular weight excluding hydrogens is 411 g/mol. The maximum Gasteiger partial charge on any atom is 0.338 e. The number of carbonyl (C=O) groups is 2. The highest BCUT2D eigenvalue weighted by molar-refractivity contribution is 6.53. The van der Waals surface area contributed by atoms with E-state index in [-0.39, 0.29) is 17.9 Å².